The standard InChI is InChI=1S/C19H25FN4O2S.HI/c1-14-4-8-17(9-5-14)27(25,26)24-11-10-22-19(21-3)23-13-16-7-6-15(2)18(20)12-16;/h4-9,12,24H,10-11,13H2,1-3H3,(H2,21,22,23);1H. The molecular weight excluding hydrogens is 494 g/mol. The Morgan fingerprint density at radius 3 is 2.32 bits per heavy atom. The molecule has 0 aliphatic rings. The molecule has 0 amide bonds. The number of aryl methyl sites for hydroxylation is 2. The number of halogens is 2. The Morgan fingerprint density at radius 2 is 1.71 bits per heavy atom. The second-order valence-corrected chi connectivity index (χ2v) is 7.91. The molecule has 0 heterocycles. The lowest BCUT2D eigenvalue weighted by Crippen LogP contribution is -2.41. The third kappa shape index (κ3) is 7.36. The molecule has 0 aliphatic carbocycles. The van der Waals surface area contributed by atoms with E-state index in [9.17, 15) is 12.8 Å². The maximum absolute atomic E-state index is 13.6. The van der Waals surface area contributed by atoms with E-state index < -0.39 is 10.0 Å². The highest BCUT2D eigenvalue weighted by Gasteiger charge is 2.12. The van der Waals surface area contributed by atoms with Gasteiger partial charge in [-0.25, -0.2) is 17.5 Å². The van der Waals surface area contributed by atoms with Crippen molar-refractivity contribution in [3.8, 4) is 0 Å². The zero-order valence-electron chi connectivity index (χ0n) is 16.1. The Hall–Kier alpha value is -1.72. The highest BCUT2D eigenvalue weighted by Crippen LogP contribution is 2.10. The molecule has 9 heteroatoms. The lowest BCUT2D eigenvalue weighted by Gasteiger charge is -2.13. The van der Waals surface area contributed by atoms with Crippen molar-refractivity contribution in [3.05, 3.63) is 65.0 Å². The SMILES string of the molecule is CN=C(NCCNS(=O)(=O)c1ccc(C)cc1)NCc1ccc(C)c(F)c1.I. The Balaban J connectivity index is 0.00000392. The second-order valence-electron chi connectivity index (χ2n) is 6.15. The van der Waals surface area contributed by atoms with Crippen LogP contribution in [0.4, 0.5) is 4.39 Å². The van der Waals surface area contributed by atoms with Gasteiger partial charge in [0.15, 0.2) is 5.96 Å². The van der Waals surface area contributed by atoms with E-state index in [-0.39, 0.29) is 41.2 Å². The second kappa shape index (κ2) is 11.3. The first kappa shape index (κ1) is 24.3. The van der Waals surface area contributed by atoms with Crippen molar-refractivity contribution in [2.24, 2.45) is 4.99 Å². The molecular formula is C19H26FIN4O2S. The zero-order chi connectivity index (χ0) is 19.9. The fraction of sp³-hybridized carbons (Fsp3) is 0.316. The van der Waals surface area contributed by atoms with Crippen molar-refractivity contribution < 1.29 is 12.8 Å². The average Bonchev–Trinajstić information content (AvgIpc) is 2.64. The number of rotatable bonds is 7. The molecule has 0 saturated carbocycles. The Kier molecular flexibility index (Phi) is 9.83. The molecule has 28 heavy (non-hydrogen) atoms. The summed E-state index contributed by atoms with van der Waals surface area (Å²) >= 11 is 0. The van der Waals surface area contributed by atoms with Gasteiger partial charge in [0.25, 0.3) is 0 Å². The maximum atomic E-state index is 13.6. The van der Waals surface area contributed by atoms with E-state index in [0.29, 0.717) is 24.6 Å². The highest BCUT2D eigenvalue weighted by molar-refractivity contribution is 14.0. The van der Waals surface area contributed by atoms with Crippen molar-refractivity contribution >= 4 is 40.0 Å². The monoisotopic (exact) mass is 520 g/mol. The van der Waals surface area contributed by atoms with Crippen LogP contribution in [0.25, 0.3) is 0 Å². The third-order valence-electron chi connectivity index (χ3n) is 3.96. The van der Waals surface area contributed by atoms with Crippen LogP contribution in [0.5, 0.6) is 0 Å². The number of hydrogen-bond donors (Lipinski definition) is 3. The van der Waals surface area contributed by atoms with Gasteiger partial charge in [-0.15, -0.1) is 24.0 Å². The van der Waals surface area contributed by atoms with Crippen LogP contribution in [0.1, 0.15) is 16.7 Å². The van der Waals surface area contributed by atoms with Crippen LogP contribution in [-0.2, 0) is 16.6 Å². The summed E-state index contributed by atoms with van der Waals surface area (Å²) in [7, 11) is -1.93. The zero-order valence-corrected chi connectivity index (χ0v) is 19.3. The lowest BCUT2D eigenvalue weighted by atomic mass is 10.1. The maximum Gasteiger partial charge on any atom is 0.240 e. The smallest absolute Gasteiger partial charge is 0.240 e. The Labute approximate surface area is 183 Å². The Bertz CT molecular complexity index is 903. The van der Waals surface area contributed by atoms with Crippen LogP contribution in [0.2, 0.25) is 0 Å². The Morgan fingerprint density at radius 1 is 1.04 bits per heavy atom. The molecule has 2 aromatic carbocycles. The molecule has 0 radical (unpaired) electrons. The van der Waals surface area contributed by atoms with Crippen molar-refractivity contribution in [1.82, 2.24) is 15.4 Å². The van der Waals surface area contributed by atoms with Gasteiger partial charge in [-0.05, 0) is 43.2 Å². The van der Waals surface area contributed by atoms with E-state index in [1.807, 2.05) is 13.0 Å². The molecule has 2 aromatic rings. The number of nitrogens with one attached hydrogen (secondary N) is 3. The van der Waals surface area contributed by atoms with Gasteiger partial charge in [0, 0.05) is 26.7 Å². The van der Waals surface area contributed by atoms with Crippen LogP contribution < -0.4 is 15.4 Å². The van der Waals surface area contributed by atoms with Crippen molar-refractivity contribution in [1.29, 1.82) is 0 Å². The first-order chi connectivity index (χ1) is 12.8. The van der Waals surface area contributed by atoms with Gasteiger partial charge in [-0.2, -0.15) is 0 Å². The summed E-state index contributed by atoms with van der Waals surface area (Å²) < 4.78 is 40.5. The van der Waals surface area contributed by atoms with Crippen molar-refractivity contribution in [2.75, 3.05) is 20.1 Å². The number of sulfonamides is 1. The predicted molar refractivity (Wildman–Crippen MR) is 121 cm³/mol. The number of hydrogen-bond acceptors (Lipinski definition) is 3. The minimum Gasteiger partial charge on any atom is -0.355 e. The molecule has 0 fully saturated rings. The normalized spacial score (nSPS) is 11.6. The number of guanidine groups is 1. The third-order valence-corrected chi connectivity index (χ3v) is 5.44. The molecule has 3 N–H and O–H groups in total. The summed E-state index contributed by atoms with van der Waals surface area (Å²) in [6.07, 6.45) is 0. The van der Waals surface area contributed by atoms with Gasteiger partial charge in [0.05, 0.1) is 4.90 Å². The van der Waals surface area contributed by atoms with Crippen LogP contribution in [0, 0.1) is 19.7 Å². The molecule has 6 nitrogen and oxygen atoms in total. The molecule has 0 atom stereocenters. The first-order valence-corrected chi connectivity index (χ1v) is 10.1. The molecule has 0 bridgehead atoms. The van der Waals surface area contributed by atoms with Gasteiger partial charge in [0.2, 0.25) is 10.0 Å². The number of benzene rings is 2. The minimum absolute atomic E-state index is 0. The number of nitrogens with zero attached hydrogens (tertiary/aromatic N) is 1. The van der Waals surface area contributed by atoms with E-state index in [1.54, 1.807) is 44.3 Å². The summed E-state index contributed by atoms with van der Waals surface area (Å²) in [6, 6.07) is 11.7. The van der Waals surface area contributed by atoms with Crippen LogP contribution in [0.15, 0.2) is 52.4 Å². The molecule has 0 aliphatic heterocycles. The van der Waals surface area contributed by atoms with Gasteiger partial charge in [0.1, 0.15) is 5.82 Å². The van der Waals surface area contributed by atoms with Gasteiger partial charge >= 0.3 is 0 Å². The fourth-order valence-corrected chi connectivity index (χ4v) is 3.35. The summed E-state index contributed by atoms with van der Waals surface area (Å²) in [5.41, 5.74) is 2.39. The minimum atomic E-state index is -3.54. The quantitative estimate of drug-likeness (QED) is 0.227. The van der Waals surface area contributed by atoms with E-state index in [2.05, 4.69) is 20.3 Å². The summed E-state index contributed by atoms with van der Waals surface area (Å²) in [6.45, 7) is 4.58. The topological polar surface area (TPSA) is 82.6 Å². The highest BCUT2D eigenvalue weighted by atomic mass is 127. The molecule has 2 rings (SSSR count). The van der Waals surface area contributed by atoms with E-state index in [0.717, 1.165) is 11.1 Å². The summed E-state index contributed by atoms with van der Waals surface area (Å²) in [5, 5.41) is 6.08. The molecule has 0 aromatic heterocycles. The molecule has 154 valence electrons. The largest absolute Gasteiger partial charge is 0.355 e. The van der Waals surface area contributed by atoms with Gasteiger partial charge < -0.3 is 10.6 Å². The van der Waals surface area contributed by atoms with E-state index in [1.165, 1.54) is 6.07 Å². The van der Waals surface area contributed by atoms with Crippen molar-refractivity contribution in [3.63, 3.8) is 0 Å². The van der Waals surface area contributed by atoms with Crippen molar-refractivity contribution in [2.45, 2.75) is 25.3 Å². The number of aliphatic imine (C=N–C) groups is 1. The first-order valence-electron chi connectivity index (χ1n) is 8.57. The summed E-state index contributed by atoms with van der Waals surface area (Å²) in [4.78, 5) is 4.30. The average molecular weight is 520 g/mol. The lowest BCUT2D eigenvalue weighted by molar-refractivity contribution is 0.580. The molecule has 0 spiro atoms. The predicted octanol–water partition coefficient (Wildman–Crippen LogP) is 2.70. The van der Waals surface area contributed by atoms with Gasteiger partial charge in [-0.1, -0.05) is 29.8 Å². The van der Waals surface area contributed by atoms with Gasteiger partial charge in [-0.3, -0.25) is 4.99 Å². The molecule has 0 saturated heterocycles. The van der Waals surface area contributed by atoms with Crippen LogP contribution in [0.3, 0.4) is 0 Å². The van der Waals surface area contributed by atoms with Crippen LogP contribution in [-0.4, -0.2) is 34.5 Å². The van der Waals surface area contributed by atoms with E-state index >= 15 is 0 Å². The van der Waals surface area contributed by atoms with E-state index in [4.69, 9.17) is 0 Å². The summed E-state index contributed by atoms with van der Waals surface area (Å²) in [5.74, 6) is 0.258. The van der Waals surface area contributed by atoms with Crippen LogP contribution >= 0.6 is 24.0 Å². The molecule has 0 unspecified atom stereocenters. The fourth-order valence-electron chi connectivity index (χ4n) is 2.32.